The summed E-state index contributed by atoms with van der Waals surface area (Å²) in [6, 6.07) is 0. The highest BCUT2D eigenvalue weighted by atomic mass is 19.4. The topological polar surface area (TPSA) is 44.5 Å². The third-order valence-corrected chi connectivity index (χ3v) is 3.24. The third kappa shape index (κ3) is 6.02. The lowest BCUT2D eigenvalue weighted by Crippen LogP contribution is -2.42. The fourth-order valence-electron chi connectivity index (χ4n) is 2.24. The maximum Gasteiger partial charge on any atom is 0.411 e. The first kappa shape index (κ1) is 15.7. The van der Waals surface area contributed by atoms with Gasteiger partial charge in [0.1, 0.15) is 6.61 Å². The molecular weight excluding hydrogens is 247 g/mol. The number of nitrogens with two attached hydrogens (primary N) is 1. The molecule has 1 rings (SSSR count). The number of ether oxygens (including phenoxy) is 2. The molecule has 0 aromatic heterocycles. The lowest BCUT2D eigenvalue weighted by molar-refractivity contribution is -0.175. The minimum Gasteiger partial charge on any atom is -0.374 e. The van der Waals surface area contributed by atoms with Crippen LogP contribution in [0.4, 0.5) is 13.2 Å². The monoisotopic (exact) mass is 269 g/mol. The van der Waals surface area contributed by atoms with Gasteiger partial charge in [0.15, 0.2) is 0 Å². The van der Waals surface area contributed by atoms with Crippen molar-refractivity contribution in [3.8, 4) is 0 Å². The molecule has 0 spiro atoms. The molecule has 0 aromatic carbocycles. The highest BCUT2D eigenvalue weighted by molar-refractivity contribution is 4.85. The van der Waals surface area contributed by atoms with Crippen LogP contribution >= 0.6 is 0 Å². The van der Waals surface area contributed by atoms with Gasteiger partial charge in [-0.2, -0.15) is 13.2 Å². The van der Waals surface area contributed by atoms with Crippen LogP contribution in [0, 0.1) is 0 Å². The summed E-state index contributed by atoms with van der Waals surface area (Å²) in [6.45, 7) is -0.222. The molecule has 1 aliphatic rings. The molecule has 0 heterocycles. The summed E-state index contributed by atoms with van der Waals surface area (Å²) in [7, 11) is 0. The first-order chi connectivity index (χ1) is 8.47. The van der Waals surface area contributed by atoms with Crippen molar-refractivity contribution in [3.63, 3.8) is 0 Å². The molecule has 0 unspecified atom stereocenters. The van der Waals surface area contributed by atoms with E-state index < -0.39 is 12.8 Å². The van der Waals surface area contributed by atoms with Crippen LogP contribution in [0.3, 0.4) is 0 Å². The predicted octanol–water partition coefficient (Wildman–Crippen LogP) is 2.63. The van der Waals surface area contributed by atoms with Crippen molar-refractivity contribution in [1.29, 1.82) is 0 Å². The molecule has 0 saturated heterocycles. The van der Waals surface area contributed by atoms with Gasteiger partial charge in [-0.1, -0.05) is 19.3 Å². The van der Waals surface area contributed by atoms with Gasteiger partial charge >= 0.3 is 6.18 Å². The molecule has 0 aliphatic heterocycles. The van der Waals surface area contributed by atoms with Crippen molar-refractivity contribution in [2.24, 2.45) is 5.73 Å². The normalized spacial score (nSPS) is 20.0. The molecule has 6 heteroatoms. The van der Waals surface area contributed by atoms with Crippen molar-refractivity contribution >= 4 is 0 Å². The highest BCUT2D eigenvalue weighted by Gasteiger charge is 2.31. The first-order valence-corrected chi connectivity index (χ1v) is 6.46. The first-order valence-electron chi connectivity index (χ1n) is 6.46. The quantitative estimate of drug-likeness (QED) is 0.723. The van der Waals surface area contributed by atoms with E-state index in [4.69, 9.17) is 10.5 Å². The molecular formula is C12H22F3NO2. The van der Waals surface area contributed by atoms with E-state index in [-0.39, 0.29) is 12.2 Å². The summed E-state index contributed by atoms with van der Waals surface area (Å²) >= 11 is 0. The van der Waals surface area contributed by atoms with E-state index >= 15 is 0 Å². The van der Waals surface area contributed by atoms with Crippen molar-refractivity contribution in [3.05, 3.63) is 0 Å². The van der Waals surface area contributed by atoms with Crippen molar-refractivity contribution in [2.45, 2.75) is 50.3 Å². The second-order valence-electron chi connectivity index (χ2n) is 4.82. The van der Waals surface area contributed by atoms with Crippen LogP contribution < -0.4 is 5.73 Å². The lowest BCUT2D eigenvalue weighted by Gasteiger charge is -2.36. The van der Waals surface area contributed by atoms with E-state index in [1.165, 1.54) is 6.42 Å². The second-order valence-corrected chi connectivity index (χ2v) is 4.82. The minimum atomic E-state index is -4.25. The Labute approximate surface area is 106 Å². The summed E-state index contributed by atoms with van der Waals surface area (Å²) in [5, 5.41) is 0. The van der Waals surface area contributed by atoms with E-state index in [0.29, 0.717) is 19.6 Å². The fourth-order valence-corrected chi connectivity index (χ4v) is 2.24. The molecule has 108 valence electrons. The average molecular weight is 269 g/mol. The predicted molar refractivity (Wildman–Crippen MR) is 62.3 cm³/mol. The third-order valence-electron chi connectivity index (χ3n) is 3.24. The molecule has 0 radical (unpaired) electrons. The van der Waals surface area contributed by atoms with Crippen LogP contribution in [0.15, 0.2) is 0 Å². The zero-order valence-corrected chi connectivity index (χ0v) is 10.6. The van der Waals surface area contributed by atoms with E-state index in [1.54, 1.807) is 0 Å². The largest absolute Gasteiger partial charge is 0.411 e. The molecule has 18 heavy (non-hydrogen) atoms. The maximum absolute atomic E-state index is 11.8. The minimum absolute atomic E-state index is 0.0696. The highest BCUT2D eigenvalue weighted by Crippen LogP contribution is 2.30. The van der Waals surface area contributed by atoms with Crippen LogP contribution in [0.1, 0.15) is 38.5 Å². The SMILES string of the molecule is NCC1(OCCCOCC(F)(F)F)CCCCC1. The van der Waals surface area contributed by atoms with Gasteiger partial charge in [-0.05, 0) is 19.3 Å². The number of hydrogen-bond donors (Lipinski definition) is 1. The molecule has 0 atom stereocenters. The number of halogens is 3. The Morgan fingerprint density at radius 3 is 2.28 bits per heavy atom. The van der Waals surface area contributed by atoms with Crippen molar-refractivity contribution < 1.29 is 22.6 Å². The second kappa shape index (κ2) is 7.31. The van der Waals surface area contributed by atoms with Gasteiger partial charge in [0, 0.05) is 19.8 Å². The van der Waals surface area contributed by atoms with Crippen LogP contribution in [-0.2, 0) is 9.47 Å². The summed E-state index contributed by atoms with van der Waals surface area (Å²) in [5.74, 6) is 0. The maximum atomic E-state index is 11.8. The average Bonchev–Trinajstić information content (AvgIpc) is 2.33. The Balaban J connectivity index is 2.09. The number of alkyl halides is 3. The van der Waals surface area contributed by atoms with E-state index in [1.807, 2.05) is 0 Å². The van der Waals surface area contributed by atoms with Gasteiger partial charge in [-0.25, -0.2) is 0 Å². The standard InChI is InChI=1S/C12H22F3NO2/c13-12(14,15)10-17-7-4-8-18-11(9-16)5-2-1-3-6-11/h1-10,16H2. The zero-order chi connectivity index (χ0) is 13.5. The van der Waals surface area contributed by atoms with Gasteiger partial charge in [-0.15, -0.1) is 0 Å². The van der Waals surface area contributed by atoms with Gasteiger partial charge in [-0.3, -0.25) is 0 Å². The van der Waals surface area contributed by atoms with Crippen LogP contribution in [0.25, 0.3) is 0 Å². The van der Waals surface area contributed by atoms with E-state index in [0.717, 1.165) is 25.7 Å². The van der Waals surface area contributed by atoms with E-state index in [2.05, 4.69) is 4.74 Å². The molecule has 1 aliphatic carbocycles. The molecule has 0 bridgehead atoms. The molecule has 1 saturated carbocycles. The summed E-state index contributed by atoms with van der Waals surface area (Å²) < 4.78 is 45.7. The Morgan fingerprint density at radius 2 is 1.72 bits per heavy atom. The van der Waals surface area contributed by atoms with Crippen LogP contribution in [-0.4, -0.2) is 38.1 Å². The molecule has 3 nitrogen and oxygen atoms in total. The summed E-state index contributed by atoms with van der Waals surface area (Å²) in [5.41, 5.74) is 5.48. The Kier molecular flexibility index (Phi) is 6.38. The van der Waals surface area contributed by atoms with Crippen molar-refractivity contribution in [1.82, 2.24) is 0 Å². The van der Waals surface area contributed by atoms with E-state index in [9.17, 15) is 13.2 Å². The number of hydrogen-bond acceptors (Lipinski definition) is 3. The van der Waals surface area contributed by atoms with Crippen molar-refractivity contribution in [2.75, 3.05) is 26.4 Å². The van der Waals surface area contributed by atoms with Crippen LogP contribution in [0.5, 0.6) is 0 Å². The van der Waals surface area contributed by atoms with Gasteiger partial charge in [0.2, 0.25) is 0 Å². The Morgan fingerprint density at radius 1 is 1.06 bits per heavy atom. The van der Waals surface area contributed by atoms with Gasteiger partial charge < -0.3 is 15.2 Å². The summed E-state index contributed by atoms with van der Waals surface area (Å²) in [6.07, 6.45) is 1.56. The molecule has 0 amide bonds. The fraction of sp³-hybridized carbons (Fsp3) is 1.00. The summed E-state index contributed by atoms with van der Waals surface area (Å²) in [4.78, 5) is 0. The Hall–Kier alpha value is -0.330. The Bertz CT molecular complexity index is 228. The van der Waals surface area contributed by atoms with Crippen LogP contribution in [0.2, 0.25) is 0 Å². The van der Waals surface area contributed by atoms with Gasteiger partial charge in [0.25, 0.3) is 0 Å². The van der Waals surface area contributed by atoms with Gasteiger partial charge in [0.05, 0.1) is 5.60 Å². The smallest absolute Gasteiger partial charge is 0.374 e. The number of rotatable bonds is 7. The zero-order valence-electron chi connectivity index (χ0n) is 10.6. The lowest BCUT2D eigenvalue weighted by atomic mass is 9.85. The molecule has 2 N–H and O–H groups in total. The molecule has 1 fully saturated rings. The molecule has 0 aromatic rings.